The first-order valence-corrected chi connectivity index (χ1v) is 11.8. The second kappa shape index (κ2) is 8.52. The molecular weight excluding hydrogens is 432 g/mol. The van der Waals surface area contributed by atoms with E-state index in [1.165, 1.54) is 0 Å². The molecule has 0 radical (unpaired) electrons. The quantitative estimate of drug-likeness (QED) is 0.228. The second-order valence-electron chi connectivity index (χ2n) is 8.72. The zero-order chi connectivity index (χ0) is 30.9. The minimum absolute atomic E-state index is 0.213. The van der Waals surface area contributed by atoms with Gasteiger partial charge in [-0.3, -0.25) is 0 Å². The van der Waals surface area contributed by atoms with Gasteiger partial charge in [0.1, 0.15) is 0 Å². The van der Waals surface area contributed by atoms with Crippen molar-refractivity contribution in [3.8, 4) is 33.4 Å². The fourth-order valence-corrected chi connectivity index (χ4v) is 5.10. The molecule has 0 atom stereocenters. The summed E-state index contributed by atoms with van der Waals surface area (Å²) in [7, 11) is 0. The third-order valence-electron chi connectivity index (χ3n) is 6.71. The van der Waals surface area contributed by atoms with Gasteiger partial charge in [0.2, 0.25) is 0 Å². The molecule has 168 valence electrons. The van der Waals surface area contributed by atoms with Gasteiger partial charge in [-0.2, -0.15) is 0 Å². The molecule has 0 spiro atoms. The first-order chi connectivity index (χ1) is 21.2. The summed E-state index contributed by atoms with van der Waals surface area (Å²) in [6, 6.07) is 28.1. The average Bonchev–Trinajstić information content (AvgIpc) is 3.06. The molecule has 0 saturated carbocycles. The Morgan fingerprint density at radius 2 is 0.833 bits per heavy atom. The topological polar surface area (TPSA) is 0 Å². The van der Waals surface area contributed by atoms with Crippen LogP contribution in [0.25, 0.3) is 65.7 Å². The molecule has 0 saturated heterocycles. The maximum Gasteiger partial charge on any atom is 0.0629 e. The maximum absolute atomic E-state index is 9.05. The lowest BCUT2D eigenvalue weighted by Gasteiger charge is -2.18. The summed E-state index contributed by atoms with van der Waals surface area (Å²) in [4.78, 5) is 0. The molecule has 36 heavy (non-hydrogen) atoms. The predicted molar refractivity (Wildman–Crippen MR) is 155 cm³/mol. The monoisotopic (exact) mass is 464 g/mol. The molecule has 7 aromatic carbocycles. The van der Waals surface area contributed by atoms with Crippen molar-refractivity contribution >= 4 is 32.3 Å². The molecule has 0 aliphatic rings. The van der Waals surface area contributed by atoms with E-state index in [0.717, 1.165) is 21.9 Å². The van der Waals surface area contributed by atoms with Crippen LogP contribution in [-0.2, 0) is 0 Å². The van der Waals surface area contributed by atoms with Crippen molar-refractivity contribution in [1.29, 1.82) is 0 Å². The van der Waals surface area contributed by atoms with Crippen LogP contribution in [0.1, 0.15) is 11.0 Å². The van der Waals surface area contributed by atoms with E-state index >= 15 is 0 Å². The Hall–Kier alpha value is -4.68. The van der Waals surface area contributed by atoms with Crippen LogP contribution in [0.5, 0.6) is 0 Å². The van der Waals surface area contributed by atoms with Crippen molar-refractivity contribution in [3.63, 3.8) is 0 Å². The van der Waals surface area contributed by atoms with Crippen LogP contribution in [0.15, 0.2) is 145 Å². The molecule has 0 heterocycles. The summed E-state index contributed by atoms with van der Waals surface area (Å²) < 4.78 is 70.3. The van der Waals surface area contributed by atoms with Gasteiger partial charge >= 0.3 is 0 Å². The number of hydrogen-bond acceptors (Lipinski definition) is 0. The highest BCUT2D eigenvalue weighted by molar-refractivity contribution is 6.21. The minimum atomic E-state index is -0.407. The zero-order valence-corrected chi connectivity index (χ0v) is 19.2. The van der Waals surface area contributed by atoms with Crippen LogP contribution in [0, 0.1) is 0 Å². The molecular formula is C36H24. The van der Waals surface area contributed by atoms with Gasteiger partial charge in [0.05, 0.1) is 11.0 Å². The van der Waals surface area contributed by atoms with Crippen LogP contribution < -0.4 is 0 Å². The van der Waals surface area contributed by atoms with E-state index < -0.39 is 24.2 Å². The Morgan fingerprint density at radius 1 is 0.361 bits per heavy atom. The third kappa shape index (κ3) is 3.31. The first kappa shape index (κ1) is 14.0. The Balaban J connectivity index is 1.66. The van der Waals surface area contributed by atoms with Crippen molar-refractivity contribution in [2.24, 2.45) is 0 Å². The van der Waals surface area contributed by atoms with E-state index in [1.807, 2.05) is 54.6 Å². The number of fused-ring (bicyclic) bond motifs is 3. The van der Waals surface area contributed by atoms with E-state index in [0.29, 0.717) is 22.3 Å². The van der Waals surface area contributed by atoms with Crippen LogP contribution in [0.2, 0.25) is 0 Å². The van der Waals surface area contributed by atoms with E-state index in [9.17, 15) is 0 Å². The molecule has 0 aliphatic carbocycles. The van der Waals surface area contributed by atoms with E-state index in [2.05, 4.69) is 18.2 Å². The largest absolute Gasteiger partial charge is 0.0629 e. The van der Waals surface area contributed by atoms with Crippen molar-refractivity contribution < 1.29 is 11.0 Å². The number of benzene rings is 7. The maximum atomic E-state index is 9.05. The molecule has 0 nitrogen and oxygen atoms in total. The van der Waals surface area contributed by atoms with E-state index in [4.69, 9.17) is 11.0 Å². The third-order valence-corrected chi connectivity index (χ3v) is 6.71. The van der Waals surface area contributed by atoms with Crippen LogP contribution in [0.4, 0.5) is 0 Å². The van der Waals surface area contributed by atoms with Gasteiger partial charge in [0, 0.05) is 0 Å². The van der Waals surface area contributed by atoms with Gasteiger partial charge in [-0.15, -0.1) is 0 Å². The predicted octanol–water partition coefficient (Wildman–Crippen LogP) is 10.1. The number of hydrogen-bond donors (Lipinski definition) is 0. The highest BCUT2D eigenvalue weighted by Gasteiger charge is 2.16. The van der Waals surface area contributed by atoms with Gasteiger partial charge in [-0.25, -0.2) is 0 Å². The molecule has 0 aromatic heterocycles. The van der Waals surface area contributed by atoms with Crippen molar-refractivity contribution in [3.05, 3.63) is 145 Å². The highest BCUT2D eigenvalue weighted by atomic mass is 14.2. The molecule has 0 amide bonds. The standard InChI is InChI=1S/C36H24/c1-2-12-27(13-3-1)35-31-16-6-8-18-33(31)36(34-19-9-7-17-32(34)35)28-23-21-26(22-24-28)30-20-10-14-25-11-4-5-15-29(25)30/h1-24H/i6D,7D,8D,9D,16D,17D,18D,19D. The molecule has 7 rings (SSSR count). The molecule has 0 heteroatoms. The van der Waals surface area contributed by atoms with Gasteiger partial charge < -0.3 is 0 Å². The van der Waals surface area contributed by atoms with Gasteiger partial charge in [-0.1, -0.05) is 145 Å². The van der Waals surface area contributed by atoms with Gasteiger partial charge in [0.15, 0.2) is 0 Å². The normalized spacial score (nSPS) is 14.4. The second-order valence-corrected chi connectivity index (χ2v) is 8.72. The summed E-state index contributed by atoms with van der Waals surface area (Å²) in [5.41, 5.74) is 3.86. The minimum Gasteiger partial charge on any atom is -0.0622 e. The Labute approximate surface area is 222 Å². The molecule has 0 bridgehead atoms. The molecule has 0 fully saturated rings. The van der Waals surface area contributed by atoms with Crippen LogP contribution in [0.3, 0.4) is 0 Å². The lowest BCUT2D eigenvalue weighted by Crippen LogP contribution is -1.90. The van der Waals surface area contributed by atoms with Crippen molar-refractivity contribution in [1.82, 2.24) is 0 Å². The molecule has 0 N–H and O–H groups in total. The zero-order valence-electron chi connectivity index (χ0n) is 27.2. The first-order valence-electron chi connectivity index (χ1n) is 15.8. The van der Waals surface area contributed by atoms with E-state index in [1.54, 1.807) is 24.3 Å². The van der Waals surface area contributed by atoms with Crippen LogP contribution >= 0.6 is 0 Å². The summed E-state index contributed by atoms with van der Waals surface area (Å²) in [6.45, 7) is 0. The Kier molecular flexibility index (Phi) is 3.32. The van der Waals surface area contributed by atoms with Gasteiger partial charge in [0.25, 0.3) is 0 Å². The highest BCUT2D eigenvalue weighted by Crippen LogP contribution is 2.43. The fraction of sp³-hybridized carbons (Fsp3) is 0. The summed E-state index contributed by atoms with van der Waals surface area (Å²) in [6.07, 6.45) is 0. The average molecular weight is 465 g/mol. The molecule has 0 aliphatic heterocycles. The Bertz CT molecular complexity index is 2210. The Morgan fingerprint density at radius 3 is 1.44 bits per heavy atom. The van der Waals surface area contributed by atoms with Gasteiger partial charge in [-0.05, 0) is 65.7 Å². The lowest BCUT2D eigenvalue weighted by molar-refractivity contribution is 1.63. The summed E-state index contributed by atoms with van der Waals surface area (Å²) >= 11 is 0. The SMILES string of the molecule is [2H]c1c([2H])c([2H])c2c(-c3ccc(-c4cccc5ccccc45)cc3)c3c([2H])c([2H])c([2H])c([2H])c3c(-c3ccccc3)c2c1[2H]. The van der Waals surface area contributed by atoms with Crippen LogP contribution in [-0.4, -0.2) is 0 Å². The lowest BCUT2D eigenvalue weighted by atomic mass is 9.85. The van der Waals surface area contributed by atoms with Crippen molar-refractivity contribution in [2.75, 3.05) is 0 Å². The fourth-order valence-electron chi connectivity index (χ4n) is 5.10. The molecule has 7 aromatic rings. The molecule has 0 unspecified atom stereocenters. The summed E-state index contributed by atoms with van der Waals surface area (Å²) in [5, 5.41) is 3.06. The summed E-state index contributed by atoms with van der Waals surface area (Å²) in [5.74, 6) is 0. The number of rotatable bonds is 3. The van der Waals surface area contributed by atoms with E-state index in [-0.39, 0.29) is 45.7 Å². The smallest absolute Gasteiger partial charge is 0.0622 e. The van der Waals surface area contributed by atoms with Crippen molar-refractivity contribution in [2.45, 2.75) is 0 Å².